The fourth-order valence-electron chi connectivity index (χ4n) is 1.99. The smallest absolute Gasteiger partial charge is 0.270 e. The molecule has 0 fully saturated rings. The topological polar surface area (TPSA) is 66.9 Å². The summed E-state index contributed by atoms with van der Waals surface area (Å²) in [6.45, 7) is 6.78. The maximum absolute atomic E-state index is 12.0. The Labute approximate surface area is 131 Å². The van der Waals surface area contributed by atoms with E-state index in [1.54, 1.807) is 6.07 Å². The van der Waals surface area contributed by atoms with Crippen molar-refractivity contribution in [1.82, 2.24) is 15.3 Å². The van der Waals surface area contributed by atoms with Gasteiger partial charge in [-0.25, -0.2) is 9.97 Å². The van der Waals surface area contributed by atoms with Gasteiger partial charge in [0.05, 0.1) is 0 Å². The van der Waals surface area contributed by atoms with Gasteiger partial charge in [0.1, 0.15) is 17.8 Å². The van der Waals surface area contributed by atoms with Crippen molar-refractivity contribution in [3.8, 4) is 0 Å². The van der Waals surface area contributed by atoms with Gasteiger partial charge in [0, 0.05) is 18.7 Å². The van der Waals surface area contributed by atoms with E-state index in [-0.39, 0.29) is 11.9 Å². The van der Waals surface area contributed by atoms with Gasteiger partial charge in [-0.15, -0.1) is 0 Å². The molecule has 0 aliphatic rings. The standard InChI is InChI=1S/C17H22N4O/c1-12(2)10-18-17(22)15-9-16(20-11-19-15)21-13(3)14-7-5-4-6-8-14/h4-9,11-13H,10H2,1-3H3,(H,18,22)(H,19,20,21). The Kier molecular flexibility index (Phi) is 5.47. The van der Waals surface area contributed by atoms with Crippen LogP contribution in [0.3, 0.4) is 0 Å². The lowest BCUT2D eigenvalue weighted by atomic mass is 10.1. The molecule has 5 heteroatoms. The van der Waals surface area contributed by atoms with Gasteiger partial charge in [-0.1, -0.05) is 44.2 Å². The van der Waals surface area contributed by atoms with Crippen molar-refractivity contribution in [3.63, 3.8) is 0 Å². The average Bonchev–Trinajstić information content (AvgIpc) is 2.53. The molecule has 0 saturated heterocycles. The Balaban J connectivity index is 2.03. The number of benzene rings is 1. The molecule has 2 N–H and O–H groups in total. The molecule has 0 radical (unpaired) electrons. The predicted molar refractivity (Wildman–Crippen MR) is 87.7 cm³/mol. The van der Waals surface area contributed by atoms with E-state index in [0.29, 0.717) is 24.0 Å². The summed E-state index contributed by atoms with van der Waals surface area (Å²) in [4.78, 5) is 20.2. The first-order valence-electron chi connectivity index (χ1n) is 7.48. The number of nitrogens with zero attached hydrogens (tertiary/aromatic N) is 2. The predicted octanol–water partition coefficient (Wildman–Crippen LogP) is 3.04. The second-order valence-electron chi connectivity index (χ2n) is 5.67. The lowest BCUT2D eigenvalue weighted by Gasteiger charge is -2.15. The molecule has 116 valence electrons. The number of aromatic nitrogens is 2. The van der Waals surface area contributed by atoms with Gasteiger partial charge in [-0.05, 0) is 18.4 Å². The number of anilines is 1. The number of amides is 1. The molecule has 2 aromatic rings. The SMILES string of the molecule is CC(C)CNC(=O)c1cc(NC(C)c2ccccc2)ncn1. The number of nitrogens with one attached hydrogen (secondary N) is 2. The quantitative estimate of drug-likeness (QED) is 0.860. The highest BCUT2D eigenvalue weighted by Crippen LogP contribution is 2.17. The zero-order valence-corrected chi connectivity index (χ0v) is 13.2. The number of hydrogen-bond donors (Lipinski definition) is 2. The van der Waals surface area contributed by atoms with Crippen LogP contribution < -0.4 is 10.6 Å². The van der Waals surface area contributed by atoms with Gasteiger partial charge in [0.2, 0.25) is 0 Å². The lowest BCUT2D eigenvalue weighted by Crippen LogP contribution is -2.28. The maximum Gasteiger partial charge on any atom is 0.270 e. The Hall–Kier alpha value is -2.43. The summed E-state index contributed by atoms with van der Waals surface area (Å²) in [6.07, 6.45) is 1.41. The second kappa shape index (κ2) is 7.54. The third-order valence-electron chi connectivity index (χ3n) is 3.23. The van der Waals surface area contributed by atoms with Crippen molar-refractivity contribution < 1.29 is 4.79 Å². The molecule has 0 saturated carbocycles. The molecule has 1 amide bonds. The van der Waals surface area contributed by atoms with Crippen LogP contribution in [0.5, 0.6) is 0 Å². The molecular formula is C17H22N4O. The molecule has 1 atom stereocenters. The Morgan fingerprint density at radius 3 is 2.55 bits per heavy atom. The third kappa shape index (κ3) is 4.55. The van der Waals surface area contributed by atoms with Gasteiger partial charge >= 0.3 is 0 Å². The van der Waals surface area contributed by atoms with Crippen molar-refractivity contribution in [3.05, 3.63) is 54.0 Å². The Bertz CT molecular complexity index is 613. The second-order valence-corrected chi connectivity index (χ2v) is 5.67. The molecule has 1 aromatic heterocycles. The van der Waals surface area contributed by atoms with Crippen molar-refractivity contribution in [2.24, 2.45) is 5.92 Å². The van der Waals surface area contributed by atoms with Gasteiger partial charge in [-0.3, -0.25) is 4.79 Å². The van der Waals surface area contributed by atoms with Crippen LogP contribution in [-0.4, -0.2) is 22.4 Å². The van der Waals surface area contributed by atoms with Crippen LogP contribution in [0.25, 0.3) is 0 Å². The van der Waals surface area contributed by atoms with E-state index in [0.717, 1.165) is 5.56 Å². The molecule has 5 nitrogen and oxygen atoms in total. The minimum Gasteiger partial charge on any atom is -0.363 e. The van der Waals surface area contributed by atoms with Gasteiger partial charge < -0.3 is 10.6 Å². The van der Waals surface area contributed by atoms with Crippen LogP contribution >= 0.6 is 0 Å². The minimum atomic E-state index is -0.175. The van der Waals surface area contributed by atoms with Crippen LogP contribution in [0, 0.1) is 5.92 Å². The molecule has 0 bridgehead atoms. The van der Waals surface area contributed by atoms with E-state index in [1.165, 1.54) is 6.33 Å². The summed E-state index contributed by atoms with van der Waals surface area (Å²) in [5.41, 5.74) is 1.53. The van der Waals surface area contributed by atoms with E-state index in [1.807, 2.05) is 18.2 Å². The number of rotatable bonds is 6. The largest absolute Gasteiger partial charge is 0.363 e. The highest BCUT2D eigenvalue weighted by atomic mass is 16.1. The van der Waals surface area contributed by atoms with Crippen LogP contribution in [0.1, 0.15) is 42.9 Å². The first-order valence-corrected chi connectivity index (χ1v) is 7.48. The number of hydrogen-bond acceptors (Lipinski definition) is 4. The van der Waals surface area contributed by atoms with Gasteiger partial charge in [0.25, 0.3) is 5.91 Å². The summed E-state index contributed by atoms with van der Waals surface area (Å²) in [7, 11) is 0. The molecule has 0 aliphatic carbocycles. The molecule has 0 spiro atoms. The monoisotopic (exact) mass is 298 g/mol. The summed E-state index contributed by atoms with van der Waals surface area (Å²) in [5.74, 6) is 0.869. The van der Waals surface area contributed by atoms with E-state index in [9.17, 15) is 4.79 Å². The molecule has 1 aromatic carbocycles. The minimum absolute atomic E-state index is 0.0997. The van der Waals surface area contributed by atoms with Gasteiger partial charge in [0.15, 0.2) is 0 Å². The van der Waals surface area contributed by atoms with Crippen LogP contribution in [-0.2, 0) is 0 Å². The van der Waals surface area contributed by atoms with Gasteiger partial charge in [-0.2, -0.15) is 0 Å². The third-order valence-corrected chi connectivity index (χ3v) is 3.23. The number of carbonyl (C=O) groups is 1. The molecular weight excluding hydrogens is 276 g/mol. The summed E-state index contributed by atoms with van der Waals surface area (Å²) in [6, 6.07) is 11.9. The first-order chi connectivity index (χ1) is 10.6. The molecule has 22 heavy (non-hydrogen) atoms. The lowest BCUT2D eigenvalue weighted by molar-refractivity contribution is 0.0944. The zero-order valence-electron chi connectivity index (χ0n) is 13.2. The van der Waals surface area contributed by atoms with Crippen LogP contribution in [0.4, 0.5) is 5.82 Å². The fraction of sp³-hybridized carbons (Fsp3) is 0.353. The van der Waals surface area contributed by atoms with Crippen LogP contribution in [0.15, 0.2) is 42.7 Å². The molecule has 0 aliphatic heterocycles. The van der Waals surface area contributed by atoms with E-state index >= 15 is 0 Å². The zero-order chi connectivity index (χ0) is 15.9. The Morgan fingerprint density at radius 1 is 1.14 bits per heavy atom. The normalized spacial score (nSPS) is 12.0. The van der Waals surface area contributed by atoms with Crippen LogP contribution in [0.2, 0.25) is 0 Å². The summed E-state index contributed by atoms with van der Waals surface area (Å²) < 4.78 is 0. The molecule has 1 unspecified atom stereocenters. The highest BCUT2D eigenvalue weighted by molar-refractivity contribution is 5.92. The summed E-state index contributed by atoms with van der Waals surface area (Å²) >= 11 is 0. The first kappa shape index (κ1) is 15.9. The van der Waals surface area contributed by atoms with Crippen molar-refractivity contribution in [1.29, 1.82) is 0 Å². The number of carbonyl (C=O) groups excluding carboxylic acids is 1. The molecule has 2 rings (SSSR count). The highest BCUT2D eigenvalue weighted by Gasteiger charge is 2.11. The maximum atomic E-state index is 12.0. The van der Waals surface area contributed by atoms with E-state index in [2.05, 4.69) is 53.5 Å². The Morgan fingerprint density at radius 2 is 1.86 bits per heavy atom. The van der Waals surface area contributed by atoms with Crippen molar-refractivity contribution in [2.45, 2.75) is 26.8 Å². The van der Waals surface area contributed by atoms with Crippen molar-refractivity contribution in [2.75, 3.05) is 11.9 Å². The molecule has 1 heterocycles. The van der Waals surface area contributed by atoms with E-state index in [4.69, 9.17) is 0 Å². The van der Waals surface area contributed by atoms with E-state index < -0.39 is 0 Å². The van der Waals surface area contributed by atoms with Crippen molar-refractivity contribution >= 4 is 11.7 Å². The average molecular weight is 298 g/mol. The fourth-order valence-corrected chi connectivity index (χ4v) is 1.99. The summed E-state index contributed by atoms with van der Waals surface area (Å²) in [5, 5.41) is 6.14.